The molecule has 0 atom stereocenters. The number of rotatable bonds is 5. The number of methoxy groups -OCH3 is 1. The predicted octanol–water partition coefficient (Wildman–Crippen LogP) is 4.29. The molecule has 0 amide bonds. The molecule has 0 spiro atoms. The lowest BCUT2D eigenvalue weighted by molar-refractivity contribution is -0.578. The van der Waals surface area contributed by atoms with E-state index in [1.807, 2.05) is 67.7 Å². The molecule has 2 N–H and O–H groups in total. The van der Waals surface area contributed by atoms with Gasteiger partial charge in [-0.2, -0.15) is 4.57 Å². The highest BCUT2D eigenvalue weighted by Gasteiger charge is 2.24. The number of pyridine rings is 1. The fourth-order valence-electron chi connectivity index (χ4n) is 4.09. The monoisotopic (exact) mass is 471 g/mol. The molecule has 2 heterocycles. The molecule has 0 saturated heterocycles. The van der Waals surface area contributed by atoms with Gasteiger partial charge in [-0.15, -0.1) is 0 Å². The summed E-state index contributed by atoms with van der Waals surface area (Å²) in [5.41, 5.74) is 3.78. The summed E-state index contributed by atoms with van der Waals surface area (Å²) in [6.07, 6.45) is 3.63. The smallest absolute Gasteiger partial charge is 0.339 e. The summed E-state index contributed by atoms with van der Waals surface area (Å²) >= 11 is 5.78. The number of thiocarbonyl (C=S) groups is 1. The molecule has 34 heavy (non-hydrogen) atoms. The number of benzene rings is 2. The lowest BCUT2D eigenvalue weighted by Gasteiger charge is -2.17. The third-order valence-corrected chi connectivity index (χ3v) is 6.02. The number of aromatic amines is 1. The van der Waals surface area contributed by atoms with Crippen LogP contribution in [0, 0.1) is 20.8 Å². The van der Waals surface area contributed by atoms with Crippen molar-refractivity contribution in [3.63, 3.8) is 0 Å². The average molecular weight is 472 g/mol. The van der Waals surface area contributed by atoms with Crippen LogP contribution in [0.4, 0.5) is 5.69 Å². The van der Waals surface area contributed by atoms with E-state index < -0.39 is 5.97 Å². The van der Waals surface area contributed by atoms with E-state index in [1.54, 1.807) is 24.6 Å². The molecule has 2 aromatic heterocycles. The van der Waals surface area contributed by atoms with Crippen LogP contribution < -0.4 is 15.0 Å². The molecular formula is C27H25N3O3S. The second-order valence-corrected chi connectivity index (χ2v) is 8.47. The first kappa shape index (κ1) is 23.2. The number of nitrogens with one attached hydrogen (secondary N) is 2. The van der Waals surface area contributed by atoms with Crippen molar-refractivity contribution in [3.8, 4) is 0 Å². The van der Waals surface area contributed by atoms with E-state index in [4.69, 9.17) is 17.0 Å². The molecule has 6 nitrogen and oxygen atoms in total. The van der Waals surface area contributed by atoms with Gasteiger partial charge in [0, 0.05) is 34.1 Å². The standard InChI is InChI=1S/C27H25N3O3S/c1-16-9-8-14-30(15-16)24(25(31)23-17(2)22(18(3)28-23)27(32)33-4)26(34)29-21-13-7-11-19-10-5-6-12-20(19)21/h5-15H,1-4H3,(H2-,28,29,31,32,34). The van der Waals surface area contributed by atoms with Crippen LogP contribution in [0.3, 0.4) is 0 Å². The number of ether oxygens (including phenoxy) is 1. The number of aromatic nitrogens is 2. The molecular weight excluding hydrogens is 446 g/mol. The number of aryl methyl sites for hydroxylation is 2. The zero-order valence-corrected chi connectivity index (χ0v) is 20.2. The Morgan fingerprint density at radius 1 is 1.06 bits per heavy atom. The highest BCUT2D eigenvalue weighted by molar-refractivity contribution is 7.81. The van der Waals surface area contributed by atoms with E-state index in [1.165, 1.54) is 7.11 Å². The number of H-pyrrole nitrogens is 1. The fraction of sp³-hybridized carbons (Fsp3) is 0.148. The van der Waals surface area contributed by atoms with Crippen molar-refractivity contribution in [2.24, 2.45) is 0 Å². The first-order chi connectivity index (χ1) is 16.3. The first-order valence-electron chi connectivity index (χ1n) is 10.8. The molecule has 172 valence electrons. The van der Waals surface area contributed by atoms with Crippen molar-refractivity contribution in [2.45, 2.75) is 20.8 Å². The van der Waals surface area contributed by atoms with Gasteiger partial charge >= 0.3 is 5.97 Å². The Kier molecular flexibility index (Phi) is 6.47. The number of nitrogens with zero attached hydrogens (tertiary/aromatic N) is 1. The Hall–Kier alpha value is -3.97. The number of carbonyl (C=O) groups is 1. The maximum absolute atomic E-state index is 13.9. The largest absolute Gasteiger partial charge is 0.866 e. The topological polar surface area (TPSA) is 81.1 Å². The molecule has 0 unspecified atom stereocenters. The van der Waals surface area contributed by atoms with Crippen molar-refractivity contribution in [1.82, 2.24) is 4.98 Å². The Labute approximate surface area is 203 Å². The quantitative estimate of drug-likeness (QED) is 0.149. The molecule has 0 aliphatic heterocycles. The molecule has 0 aliphatic rings. The summed E-state index contributed by atoms with van der Waals surface area (Å²) in [6, 6.07) is 17.6. The van der Waals surface area contributed by atoms with E-state index in [-0.39, 0.29) is 16.4 Å². The second-order valence-electron chi connectivity index (χ2n) is 8.06. The lowest BCUT2D eigenvalue weighted by Crippen LogP contribution is -2.40. The Morgan fingerprint density at radius 3 is 2.53 bits per heavy atom. The number of hydrogen-bond acceptors (Lipinski definition) is 4. The van der Waals surface area contributed by atoms with Crippen LogP contribution in [-0.4, -0.2) is 23.1 Å². The van der Waals surface area contributed by atoms with Crippen molar-refractivity contribution in [1.29, 1.82) is 0 Å². The summed E-state index contributed by atoms with van der Waals surface area (Å²) in [5, 5.41) is 19.2. The van der Waals surface area contributed by atoms with Crippen molar-refractivity contribution >= 4 is 51.1 Å². The lowest BCUT2D eigenvalue weighted by atomic mass is 10.1. The Morgan fingerprint density at radius 2 is 1.79 bits per heavy atom. The second kappa shape index (κ2) is 9.49. The number of hydrogen-bond donors (Lipinski definition) is 2. The zero-order valence-electron chi connectivity index (χ0n) is 19.4. The van der Waals surface area contributed by atoms with Gasteiger partial charge in [0.2, 0.25) is 5.70 Å². The summed E-state index contributed by atoms with van der Waals surface area (Å²) in [4.78, 5) is 15.6. The van der Waals surface area contributed by atoms with Gasteiger partial charge < -0.3 is 20.1 Å². The fourth-order valence-corrected chi connectivity index (χ4v) is 4.40. The molecule has 4 rings (SSSR count). The molecule has 0 aliphatic carbocycles. The molecule has 7 heteroatoms. The Bertz CT molecular complexity index is 1450. The van der Waals surface area contributed by atoms with Gasteiger partial charge in [0.25, 0.3) is 0 Å². The third-order valence-electron chi connectivity index (χ3n) is 5.73. The number of fused-ring (bicyclic) bond motifs is 1. The minimum atomic E-state index is -0.494. The highest BCUT2D eigenvalue weighted by atomic mass is 32.1. The minimum absolute atomic E-state index is 0.267. The van der Waals surface area contributed by atoms with Crippen LogP contribution in [0.25, 0.3) is 22.2 Å². The Balaban J connectivity index is 1.87. The number of carbonyl (C=O) groups excluding carboxylic acids is 1. The van der Waals surface area contributed by atoms with E-state index in [0.717, 1.165) is 22.0 Å². The van der Waals surface area contributed by atoms with Gasteiger partial charge in [-0.3, -0.25) is 0 Å². The van der Waals surface area contributed by atoms with Crippen molar-refractivity contribution in [2.75, 3.05) is 12.4 Å². The zero-order chi connectivity index (χ0) is 24.4. The SMILES string of the molecule is COC(=O)c1c(C)[nH]c(C([O-])=C(C(=S)Nc2cccc3ccccc23)[n+]2cccc(C)c2)c1C. The van der Waals surface area contributed by atoms with Gasteiger partial charge in [-0.05, 0) is 49.6 Å². The van der Waals surface area contributed by atoms with E-state index in [0.29, 0.717) is 22.5 Å². The summed E-state index contributed by atoms with van der Waals surface area (Å²) in [5.74, 6) is -0.824. The number of anilines is 1. The van der Waals surface area contributed by atoms with Crippen LogP contribution in [0.15, 0.2) is 67.0 Å². The molecule has 2 aromatic carbocycles. The number of esters is 1. The molecule has 0 radical (unpaired) electrons. The normalized spacial score (nSPS) is 11.8. The minimum Gasteiger partial charge on any atom is -0.866 e. The third kappa shape index (κ3) is 4.30. The van der Waals surface area contributed by atoms with Crippen LogP contribution >= 0.6 is 12.2 Å². The molecule has 4 aromatic rings. The molecule has 0 bridgehead atoms. The first-order valence-corrected chi connectivity index (χ1v) is 11.2. The van der Waals surface area contributed by atoms with E-state index >= 15 is 0 Å². The van der Waals surface area contributed by atoms with Gasteiger partial charge in [0.05, 0.1) is 12.7 Å². The molecule has 0 saturated carbocycles. The van der Waals surface area contributed by atoms with Gasteiger partial charge in [0.15, 0.2) is 17.4 Å². The summed E-state index contributed by atoms with van der Waals surface area (Å²) in [7, 11) is 1.32. The van der Waals surface area contributed by atoms with Gasteiger partial charge in [-0.1, -0.05) is 48.6 Å². The van der Waals surface area contributed by atoms with Crippen molar-refractivity contribution < 1.29 is 19.2 Å². The van der Waals surface area contributed by atoms with Crippen LogP contribution in [0.2, 0.25) is 0 Å². The van der Waals surface area contributed by atoms with Crippen LogP contribution in [-0.2, 0) is 4.74 Å². The van der Waals surface area contributed by atoms with Gasteiger partial charge in [0.1, 0.15) is 0 Å². The van der Waals surface area contributed by atoms with Crippen LogP contribution in [0.1, 0.15) is 32.9 Å². The van der Waals surface area contributed by atoms with E-state index in [2.05, 4.69) is 10.3 Å². The van der Waals surface area contributed by atoms with Gasteiger partial charge in [-0.25, -0.2) is 4.79 Å². The van der Waals surface area contributed by atoms with E-state index in [9.17, 15) is 9.90 Å². The van der Waals surface area contributed by atoms with Crippen molar-refractivity contribution in [3.05, 3.63) is 95.1 Å². The molecule has 0 fully saturated rings. The average Bonchev–Trinajstić information content (AvgIpc) is 3.12. The summed E-state index contributed by atoms with van der Waals surface area (Å²) in [6.45, 7) is 5.41. The predicted molar refractivity (Wildman–Crippen MR) is 136 cm³/mol. The highest BCUT2D eigenvalue weighted by Crippen LogP contribution is 2.27. The van der Waals surface area contributed by atoms with Crippen LogP contribution in [0.5, 0.6) is 0 Å². The maximum Gasteiger partial charge on any atom is 0.339 e. The summed E-state index contributed by atoms with van der Waals surface area (Å²) < 4.78 is 6.61. The maximum atomic E-state index is 13.9.